The molecule has 0 saturated heterocycles. The number of rotatable bonds is 0. The van der Waals surface area contributed by atoms with E-state index in [2.05, 4.69) is 0 Å². The van der Waals surface area contributed by atoms with Crippen LogP contribution >= 0.6 is 0 Å². The van der Waals surface area contributed by atoms with E-state index in [1.807, 2.05) is 0 Å². The molecule has 0 saturated carbocycles. The number of carbonyl (C=O) groups is 1. The Kier molecular flexibility index (Phi) is 40.1. The summed E-state index contributed by atoms with van der Waals surface area (Å²) in [5.74, 6) is 0. The molecule has 0 aliphatic rings. The second kappa shape index (κ2) is 23.3. The fourth-order valence-electron chi connectivity index (χ4n) is 0. The Balaban J connectivity index is -0.0000000369. The van der Waals surface area contributed by atoms with E-state index in [1.54, 1.807) is 0 Å². The van der Waals surface area contributed by atoms with Crippen LogP contribution in [0, 0.1) is 46.0 Å². The van der Waals surface area contributed by atoms with Crippen LogP contribution in [0.5, 0.6) is 0 Å². The number of hydrogen-bond acceptors (Lipinski definition) is 10. The number of nitrogens with zero attached hydrogens (tertiary/aromatic N) is 3. The predicted molar refractivity (Wildman–Crippen MR) is 41.7 cm³/mol. The number of hydrogen-bond donors (Lipinski definition) is 2. The zero-order chi connectivity index (χ0) is 14.3. The van der Waals surface area contributed by atoms with E-state index in [1.165, 1.54) is 0 Å². The molecule has 0 fully saturated rings. The van der Waals surface area contributed by atoms with Crippen molar-refractivity contribution >= 4 is 6.16 Å². The van der Waals surface area contributed by atoms with E-state index in [0.717, 1.165) is 0 Å². The van der Waals surface area contributed by atoms with Gasteiger partial charge in [-0.05, 0) is 0 Å². The Hall–Kier alpha value is -2.62. The van der Waals surface area contributed by atoms with Crippen LogP contribution in [0.25, 0.3) is 0 Å². The van der Waals surface area contributed by atoms with Crippen molar-refractivity contribution in [3.63, 3.8) is 0 Å². The smallest absolute Gasteiger partial charge is 0.450 e. The van der Waals surface area contributed by atoms with Gasteiger partial charge in [-0.1, -0.05) is 0 Å². The van der Waals surface area contributed by atoms with E-state index in [0.29, 0.717) is 0 Å². The standard InChI is InChI=1S/CH2O3.Co.3NO3/c2-1(3)4;;3*2-1(3)4/h(H2,2,3,4);;;;/q;+3;3*-1. The molecule has 0 aromatic carbocycles. The first-order chi connectivity index (χ1) is 6.93. The first-order valence-corrected chi connectivity index (χ1v) is 2.29. The fraction of sp³-hybridized carbons (Fsp3) is 0. The second-order valence-corrected chi connectivity index (χ2v) is 0.953. The Morgan fingerprint density at radius 1 is 0.706 bits per heavy atom. The molecule has 0 bridgehead atoms. The van der Waals surface area contributed by atoms with Gasteiger partial charge < -0.3 is 56.2 Å². The van der Waals surface area contributed by atoms with Crippen LogP contribution in [0.15, 0.2) is 0 Å². The number of carboxylic acid groups (broad SMARTS) is 2. The SMILES string of the molecule is O=C(O)O.O=[N+]([O-])[O-].O=[N+]([O-])[O-].O=[N+]([O-])[O-].[Co+3]. The van der Waals surface area contributed by atoms with E-state index in [4.69, 9.17) is 61.0 Å². The molecule has 0 aliphatic carbocycles. The normalized spacial score (nSPS) is 5.65. The third kappa shape index (κ3) is 252. The van der Waals surface area contributed by atoms with Gasteiger partial charge in [-0.25, -0.2) is 4.79 Å². The molecule has 0 heterocycles. The summed E-state index contributed by atoms with van der Waals surface area (Å²) in [6.45, 7) is 0. The van der Waals surface area contributed by atoms with Gasteiger partial charge >= 0.3 is 22.9 Å². The minimum Gasteiger partial charge on any atom is -0.450 e. The summed E-state index contributed by atoms with van der Waals surface area (Å²) >= 11 is 0. The van der Waals surface area contributed by atoms with Crippen molar-refractivity contribution in [3.05, 3.63) is 46.0 Å². The average Bonchev–Trinajstić information content (AvgIpc) is 1.76. The van der Waals surface area contributed by atoms with Gasteiger partial charge in [0.2, 0.25) is 0 Å². The Bertz CT molecular complexity index is 162. The van der Waals surface area contributed by atoms with Gasteiger partial charge in [0.15, 0.2) is 0 Å². The molecule has 0 aliphatic heterocycles. The maximum absolute atomic E-state index is 8.56. The van der Waals surface area contributed by atoms with Crippen molar-refractivity contribution in [2.75, 3.05) is 0 Å². The molecular weight excluding hydrogens is 305 g/mol. The second-order valence-electron chi connectivity index (χ2n) is 0.953. The molecule has 16 heteroatoms. The third-order valence-corrected chi connectivity index (χ3v) is 0. The first-order valence-electron chi connectivity index (χ1n) is 2.29. The maximum Gasteiger partial charge on any atom is 3.00 e. The quantitative estimate of drug-likeness (QED) is 0.423. The predicted octanol–water partition coefficient (Wildman–Crippen LogP) is -0.497. The van der Waals surface area contributed by atoms with Crippen molar-refractivity contribution in [1.29, 1.82) is 0 Å². The molecular formula is CH2CoN3O12. The van der Waals surface area contributed by atoms with Crippen LogP contribution in [0.4, 0.5) is 4.79 Å². The summed E-state index contributed by atoms with van der Waals surface area (Å²) in [6.07, 6.45) is -1.83. The summed E-state index contributed by atoms with van der Waals surface area (Å²) in [5, 5.41) is 58.2. The van der Waals surface area contributed by atoms with Crippen LogP contribution in [0.1, 0.15) is 0 Å². The maximum atomic E-state index is 8.56. The van der Waals surface area contributed by atoms with Crippen molar-refractivity contribution < 1.29 is 47.0 Å². The van der Waals surface area contributed by atoms with Gasteiger partial charge in [-0.2, -0.15) is 0 Å². The van der Waals surface area contributed by atoms with Crippen LogP contribution in [-0.4, -0.2) is 31.6 Å². The molecule has 0 spiro atoms. The Morgan fingerprint density at radius 2 is 0.706 bits per heavy atom. The minimum atomic E-state index is -1.83. The summed E-state index contributed by atoms with van der Waals surface area (Å²) < 4.78 is 0. The van der Waals surface area contributed by atoms with Gasteiger partial charge in [0.05, 0.1) is 15.3 Å². The molecule has 0 radical (unpaired) electrons. The van der Waals surface area contributed by atoms with E-state index in [-0.39, 0.29) is 16.8 Å². The Labute approximate surface area is 100 Å². The van der Waals surface area contributed by atoms with E-state index >= 15 is 0 Å². The fourth-order valence-corrected chi connectivity index (χ4v) is 0. The summed E-state index contributed by atoms with van der Waals surface area (Å²) in [6, 6.07) is 0. The van der Waals surface area contributed by atoms with Crippen LogP contribution in [0.3, 0.4) is 0 Å². The topological polar surface area (TPSA) is 256 Å². The molecule has 2 N–H and O–H groups in total. The summed E-state index contributed by atoms with van der Waals surface area (Å²) in [7, 11) is 0. The van der Waals surface area contributed by atoms with Gasteiger partial charge in [0, 0.05) is 0 Å². The van der Waals surface area contributed by atoms with Crippen molar-refractivity contribution in [2.24, 2.45) is 0 Å². The Morgan fingerprint density at radius 3 is 0.706 bits per heavy atom. The molecule has 0 rings (SSSR count). The average molecular weight is 307 g/mol. The first kappa shape index (κ1) is 29.3. The molecule has 17 heavy (non-hydrogen) atoms. The molecule has 15 nitrogen and oxygen atoms in total. The monoisotopic (exact) mass is 307 g/mol. The van der Waals surface area contributed by atoms with Crippen molar-refractivity contribution in [3.8, 4) is 0 Å². The molecule has 0 aromatic heterocycles. The zero-order valence-corrected chi connectivity index (χ0v) is 8.19. The van der Waals surface area contributed by atoms with Crippen LogP contribution in [0.2, 0.25) is 0 Å². The molecule has 102 valence electrons. The van der Waals surface area contributed by atoms with Crippen molar-refractivity contribution in [2.45, 2.75) is 0 Å². The molecule has 0 atom stereocenters. The minimum absolute atomic E-state index is 0. The van der Waals surface area contributed by atoms with Crippen molar-refractivity contribution in [1.82, 2.24) is 0 Å². The zero-order valence-electron chi connectivity index (χ0n) is 7.15. The summed E-state index contributed by atoms with van der Waals surface area (Å²) in [5.41, 5.74) is 0. The van der Waals surface area contributed by atoms with Crippen LogP contribution < -0.4 is 0 Å². The van der Waals surface area contributed by atoms with Crippen LogP contribution in [-0.2, 0) is 16.8 Å². The van der Waals surface area contributed by atoms with E-state index in [9.17, 15) is 0 Å². The third-order valence-electron chi connectivity index (χ3n) is 0. The summed E-state index contributed by atoms with van der Waals surface area (Å²) in [4.78, 5) is 33.3. The van der Waals surface area contributed by atoms with Gasteiger partial charge in [-0.15, -0.1) is 0 Å². The van der Waals surface area contributed by atoms with E-state index < -0.39 is 21.4 Å². The molecule has 0 amide bonds. The van der Waals surface area contributed by atoms with Gasteiger partial charge in [-0.3, -0.25) is 0 Å². The largest absolute Gasteiger partial charge is 3.00 e. The van der Waals surface area contributed by atoms with Gasteiger partial charge in [0.1, 0.15) is 0 Å². The molecule has 0 unspecified atom stereocenters. The van der Waals surface area contributed by atoms with Gasteiger partial charge in [0.25, 0.3) is 0 Å². The molecule has 0 aromatic rings.